The third-order valence-electron chi connectivity index (χ3n) is 4.61. The van der Waals surface area contributed by atoms with Crippen LogP contribution in [0.5, 0.6) is 0 Å². The Hall–Kier alpha value is -1.50. The van der Waals surface area contributed by atoms with E-state index in [1.807, 2.05) is 0 Å². The second kappa shape index (κ2) is 5.30. The summed E-state index contributed by atoms with van der Waals surface area (Å²) < 4.78 is 24.3. The Morgan fingerprint density at radius 3 is 3.18 bits per heavy atom. The molecule has 2 aliphatic rings. The maximum atomic E-state index is 13.2. The fourth-order valence-corrected chi connectivity index (χ4v) is 3.61. The van der Waals surface area contributed by atoms with Gasteiger partial charge in [-0.15, -0.1) is 0 Å². The minimum atomic E-state index is -0.392. The van der Waals surface area contributed by atoms with Gasteiger partial charge < -0.3 is 14.6 Å². The van der Waals surface area contributed by atoms with Gasteiger partial charge in [-0.05, 0) is 37.1 Å². The van der Waals surface area contributed by atoms with E-state index in [0.717, 1.165) is 26.1 Å². The molecule has 2 saturated heterocycles. The predicted octanol–water partition coefficient (Wildman–Crippen LogP) is 2.41. The SMILES string of the molecule is Fc1ccc(-c2noc([C@]34CNC[C@H]3CCOC4)n2)c(Cl)c1. The Morgan fingerprint density at radius 2 is 2.32 bits per heavy atom. The zero-order chi connectivity index (χ0) is 15.2. The quantitative estimate of drug-likeness (QED) is 0.919. The summed E-state index contributed by atoms with van der Waals surface area (Å²) in [4.78, 5) is 4.52. The molecule has 0 amide bonds. The second-order valence-corrected chi connectivity index (χ2v) is 6.28. The van der Waals surface area contributed by atoms with Crippen LogP contribution < -0.4 is 5.32 Å². The molecule has 4 rings (SSSR count). The molecule has 0 saturated carbocycles. The number of rotatable bonds is 2. The summed E-state index contributed by atoms with van der Waals surface area (Å²) in [5, 5.41) is 7.69. The first-order valence-corrected chi connectivity index (χ1v) is 7.65. The van der Waals surface area contributed by atoms with Crippen molar-refractivity contribution in [3.05, 3.63) is 34.9 Å². The Labute approximate surface area is 131 Å². The number of benzene rings is 1. The van der Waals surface area contributed by atoms with E-state index < -0.39 is 5.82 Å². The van der Waals surface area contributed by atoms with Crippen LogP contribution in [0.25, 0.3) is 11.4 Å². The fraction of sp³-hybridized carbons (Fsp3) is 0.467. The Balaban J connectivity index is 1.72. The van der Waals surface area contributed by atoms with E-state index in [9.17, 15) is 4.39 Å². The highest BCUT2D eigenvalue weighted by molar-refractivity contribution is 6.33. The van der Waals surface area contributed by atoms with E-state index in [1.54, 1.807) is 6.07 Å². The molecule has 0 radical (unpaired) electrons. The molecular formula is C15H15ClFN3O2. The van der Waals surface area contributed by atoms with E-state index in [1.165, 1.54) is 12.1 Å². The van der Waals surface area contributed by atoms with Crippen LogP contribution in [-0.4, -0.2) is 36.4 Å². The number of nitrogens with zero attached hydrogens (tertiary/aromatic N) is 2. The smallest absolute Gasteiger partial charge is 0.237 e. The number of aromatic nitrogens is 2. The van der Waals surface area contributed by atoms with Crippen molar-refractivity contribution >= 4 is 11.6 Å². The lowest BCUT2D eigenvalue weighted by atomic mass is 9.75. The van der Waals surface area contributed by atoms with Gasteiger partial charge in [0.25, 0.3) is 0 Å². The van der Waals surface area contributed by atoms with Crippen LogP contribution in [0.2, 0.25) is 5.02 Å². The van der Waals surface area contributed by atoms with Gasteiger partial charge >= 0.3 is 0 Å². The lowest BCUT2D eigenvalue weighted by Crippen LogP contribution is -2.44. The molecule has 3 heterocycles. The van der Waals surface area contributed by atoms with Crippen molar-refractivity contribution in [3.8, 4) is 11.4 Å². The van der Waals surface area contributed by atoms with E-state index in [4.69, 9.17) is 20.9 Å². The molecule has 0 unspecified atom stereocenters. The van der Waals surface area contributed by atoms with Gasteiger partial charge in [0.15, 0.2) is 0 Å². The van der Waals surface area contributed by atoms with Crippen molar-refractivity contribution in [1.29, 1.82) is 0 Å². The average molecular weight is 324 g/mol. The van der Waals surface area contributed by atoms with Crippen molar-refractivity contribution in [2.45, 2.75) is 11.8 Å². The summed E-state index contributed by atoms with van der Waals surface area (Å²) in [5.41, 5.74) is 0.296. The summed E-state index contributed by atoms with van der Waals surface area (Å²) in [6.45, 7) is 3.02. The van der Waals surface area contributed by atoms with Gasteiger partial charge in [-0.1, -0.05) is 16.8 Å². The molecule has 2 aromatic rings. The number of ether oxygens (including phenoxy) is 1. The second-order valence-electron chi connectivity index (χ2n) is 5.87. The first-order valence-electron chi connectivity index (χ1n) is 7.27. The molecule has 1 aromatic carbocycles. The Bertz CT molecular complexity index is 708. The molecule has 0 aliphatic carbocycles. The lowest BCUT2D eigenvalue weighted by molar-refractivity contribution is 0.00198. The molecule has 2 aliphatic heterocycles. The zero-order valence-electron chi connectivity index (χ0n) is 11.8. The highest BCUT2D eigenvalue weighted by Gasteiger charge is 2.50. The normalized spacial score (nSPS) is 27.8. The number of fused-ring (bicyclic) bond motifs is 1. The molecule has 0 spiro atoms. The summed E-state index contributed by atoms with van der Waals surface area (Å²) in [6.07, 6.45) is 0.974. The van der Waals surface area contributed by atoms with Crippen molar-refractivity contribution < 1.29 is 13.7 Å². The van der Waals surface area contributed by atoms with Crippen molar-refractivity contribution in [3.63, 3.8) is 0 Å². The van der Waals surface area contributed by atoms with Gasteiger partial charge in [0.05, 0.1) is 17.0 Å². The molecule has 116 valence electrons. The molecule has 5 nitrogen and oxygen atoms in total. The third-order valence-corrected chi connectivity index (χ3v) is 4.92. The van der Waals surface area contributed by atoms with Gasteiger partial charge in [-0.25, -0.2) is 4.39 Å². The minimum absolute atomic E-state index is 0.268. The van der Waals surface area contributed by atoms with Crippen LogP contribution in [-0.2, 0) is 10.2 Å². The number of halogens is 2. The standard InChI is InChI=1S/C15H15ClFN3O2/c16-12-5-10(17)1-2-11(12)13-19-14(22-20-13)15-7-18-6-9(15)3-4-21-8-15/h1-2,5,9,18H,3-4,6-8H2/t9-,15+/m1/s1. The van der Waals surface area contributed by atoms with Crippen molar-refractivity contribution in [2.24, 2.45) is 5.92 Å². The van der Waals surface area contributed by atoms with Gasteiger partial charge in [0, 0.05) is 18.7 Å². The fourth-order valence-electron chi connectivity index (χ4n) is 3.35. The molecule has 2 fully saturated rings. The monoisotopic (exact) mass is 323 g/mol. The van der Waals surface area contributed by atoms with Crippen LogP contribution in [0.4, 0.5) is 4.39 Å². The van der Waals surface area contributed by atoms with Crippen LogP contribution in [0, 0.1) is 11.7 Å². The molecule has 7 heteroatoms. The largest absolute Gasteiger partial charge is 0.380 e. The number of nitrogens with one attached hydrogen (secondary N) is 1. The van der Waals surface area contributed by atoms with Gasteiger partial charge in [0.1, 0.15) is 5.82 Å². The van der Waals surface area contributed by atoms with Gasteiger partial charge in [-0.2, -0.15) is 4.98 Å². The maximum Gasteiger partial charge on any atom is 0.237 e. The molecule has 2 atom stereocenters. The zero-order valence-corrected chi connectivity index (χ0v) is 12.6. The predicted molar refractivity (Wildman–Crippen MR) is 78.2 cm³/mol. The van der Waals surface area contributed by atoms with Gasteiger partial charge in [0.2, 0.25) is 11.7 Å². The van der Waals surface area contributed by atoms with Crippen LogP contribution in [0.15, 0.2) is 22.7 Å². The highest BCUT2D eigenvalue weighted by atomic mass is 35.5. The summed E-state index contributed by atoms with van der Waals surface area (Å²) >= 11 is 6.07. The van der Waals surface area contributed by atoms with E-state index in [0.29, 0.717) is 29.8 Å². The third kappa shape index (κ3) is 2.14. The van der Waals surface area contributed by atoms with Crippen LogP contribution in [0.1, 0.15) is 12.3 Å². The molecule has 1 aromatic heterocycles. The maximum absolute atomic E-state index is 13.2. The minimum Gasteiger partial charge on any atom is -0.380 e. The van der Waals surface area contributed by atoms with Gasteiger partial charge in [-0.3, -0.25) is 0 Å². The van der Waals surface area contributed by atoms with Crippen molar-refractivity contribution in [1.82, 2.24) is 15.5 Å². The first kappa shape index (κ1) is 14.1. The average Bonchev–Trinajstić information content (AvgIpc) is 3.14. The van der Waals surface area contributed by atoms with Crippen LogP contribution in [0.3, 0.4) is 0 Å². The summed E-state index contributed by atoms with van der Waals surface area (Å²) in [6, 6.07) is 4.14. The molecule has 0 bridgehead atoms. The molecular weight excluding hydrogens is 309 g/mol. The van der Waals surface area contributed by atoms with Crippen LogP contribution >= 0.6 is 11.6 Å². The Kier molecular flexibility index (Phi) is 3.40. The topological polar surface area (TPSA) is 60.2 Å². The molecule has 1 N–H and O–H groups in total. The highest BCUT2D eigenvalue weighted by Crippen LogP contribution is 2.40. The van der Waals surface area contributed by atoms with E-state index in [2.05, 4.69) is 15.5 Å². The Morgan fingerprint density at radius 1 is 1.41 bits per heavy atom. The van der Waals surface area contributed by atoms with E-state index in [-0.39, 0.29) is 10.4 Å². The number of hydrogen-bond donors (Lipinski definition) is 1. The summed E-state index contributed by atoms with van der Waals surface area (Å²) in [5.74, 6) is 0.984. The number of hydrogen-bond acceptors (Lipinski definition) is 5. The summed E-state index contributed by atoms with van der Waals surface area (Å²) in [7, 11) is 0. The molecule has 22 heavy (non-hydrogen) atoms. The lowest BCUT2D eigenvalue weighted by Gasteiger charge is -2.34. The first-order chi connectivity index (χ1) is 10.7. The van der Waals surface area contributed by atoms with Crippen molar-refractivity contribution in [2.75, 3.05) is 26.3 Å². The van der Waals surface area contributed by atoms with E-state index >= 15 is 0 Å².